The highest BCUT2D eigenvalue weighted by atomic mass is 19.1. The molecule has 3 aromatic rings. The lowest BCUT2D eigenvalue weighted by Crippen LogP contribution is -2.06. The van der Waals surface area contributed by atoms with Crippen molar-refractivity contribution in [1.82, 2.24) is 10.1 Å². The van der Waals surface area contributed by atoms with E-state index in [0.717, 1.165) is 12.1 Å². The molecule has 0 bridgehead atoms. The molecule has 0 aliphatic carbocycles. The van der Waals surface area contributed by atoms with Gasteiger partial charge < -0.3 is 14.0 Å². The molecule has 0 unspecified atom stereocenters. The average Bonchev–Trinajstić information content (AvgIpc) is 3.07. The second kappa shape index (κ2) is 7.08. The van der Waals surface area contributed by atoms with Crippen LogP contribution in [0.15, 0.2) is 47.0 Å². The van der Waals surface area contributed by atoms with E-state index in [-0.39, 0.29) is 23.9 Å². The Morgan fingerprint density at radius 2 is 1.88 bits per heavy atom. The van der Waals surface area contributed by atoms with Gasteiger partial charge in [-0.3, -0.25) is 0 Å². The average molecular weight is 346 g/mol. The number of carbonyl (C=O) groups excluding carboxylic acids is 1. The molecule has 0 N–H and O–H groups in total. The third-order valence-corrected chi connectivity index (χ3v) is 3.24. The van der Waals surface area contributed by atoms with Crippen molar-refractivity contribution in [2.75, 3.05) is 7.11 Å². The highest BCUT2D eigenvalue weighted by Gasteiger charge is 2.16. The summed E-state index contributed by atoms with van der Waals surface area (Å²) in [5, 5.41) is 3.80. The second-order valence-electron chi connectivity index (χ2n) is 4.95. The standard InChI is InChI=1S/C17H12F2N2O4/c1-23-14-5-3-2-4-13(14)16-20-15(25-21-16)9-24-17(22)10-6-11(18)8-12(19)7-10/h2-8H,9H2,1H3. The Bertz CT molecular complexity index is 891. The lowest BCUT2D eigenvalue weighted by atomic mass is 10.2. The summed E-state index contributed by atoms with van der Waals surface area (Å²) in [5.74, 6) is -1.80. The quantitative estimate of drug-likeness (QED) is 0.659. The highest BCUT2D eigenvalue weighted by molar-refractivity contribution is 5.89. The zero-order valence-corrected chi connectivity index (χ0v) is 13.0. The van der Waals surface area contributed by atoms with Crippen LogP contribution in [-0.2, 0) is 11.3 Å². The summed E-state index contributed by atoms with van der Waals surface area (Å²) in [6.07, 6.45) is 0. The molecule has 0 spiro atoms. The van der Waals surface area contributed by atoms with E-state index in [1.165, 1.54) is 7.11 Å². The van der Waals surface area contributed by atoms with Gasteiger partial charge in [-0.2, -0.15) is 4.98 Å². The molecule has 3 rings (SSSR count). The first kappa shape index (κ1) is 16.6. The predicted octanol–water partition coefficient (Wildman–Crippen LogP) is 3.38. The Morgan fingerprint density at radius 1 is 1.16 bits per heavy atom. The third-order valence-electron chi connectivity index (χ3n) is 3.24. The van der Waals surface area contributed by atoms with Crippen molar-refractivity contribution in [3.63, 3.8) is 0 Å². The molecule has 0 saturated heterocycles. The SMILES string of the molecule is COc1ccccc1-c1noc(COC(=O)c2cc(F)cc(F)c2)n1. The van der Waals surface area contributed by atoms with Crippen LogP contribution in [0.25, 0.3) is 11.4 Å². The van der Waals surface area contributed by atoms with E-state index in [9.17, 15) is 13.6 Å². The van der Waals surface area contributed by atoms with Crippen LogP contribution in [0.5, 0.6) is 5.75 Å². The van der Waals surface area contributed by atoms with Gasteiger partial charge in [-0.15, -0.1) is 0 Å². The fourth-order valence-corrected chi connectivity index (χ4v) is 2.13. The highest BCUT2D eigenvalue weighted by Crippen LogP contribution is 2.27. The number of halogens is 2. The molecule has 1 heterocycles. The molecule has 8 heteroatoms. The van der Waals surface area contributed by atoms with Gasteiger partial charge >= 0.3 is 5.97 Å². The first-order valence-electron chi connectivity index (χ1n) is 7.16. The number of methoxy groups -OCH3 is 1. The zero-order valence-electron chi connectivity index (χ0n) is 13.0. The molecular formula is C17H12F2N2O4. The number of benzene rings is 2. The maximum Gasteiger partial charge on any atom is 0.338 e. The molecule has 0 aliphatic rings. The fraction of sp³-hybridized carbons (Fsp3) is 0.118. The Kier molecular flexibility index (Phi) is 4.69. The summed E-state index contributed by atoms with van der Waals surface area (Å²) in [4.78, 5) is 15.9. The fourth-order valence-electron chi connectivity index (χ4n) is 2.13. The van der Waals surface area contributed by atoms with Crippen LogP contribution in [0.2, 0.25) is 0 Å². The summed E-state index contributed by atoms with van der Waals surface area (Å²) in [6.45, 7) is -0.334. The topological polar surface area (TPSA) is 74.5 Å². The minimum atomic E-state index is -0.907. The number of ether oxygens (including phenoxy) is 2. The second-order valence-corrected chi connectivity index (χ2v) is 4.95. The van der Waals surface area contributed by atoms with Gasteiger partial charge in [0.1, 0.15) is 17.4 Å². The molecule has 0 aliphatic heterocycles. The molecule has 1 aromatic heterocycles. The van der Waals surface area contributed by atoms with E-state index in [2.05, 4.69) is 10.1 Å². The molecule has 0 amide bonds. The lowest BCUT2D eigenvalue weighted by Gasteiger charge is -2.03. The first-order chi connectivity index (χ1) is 12.1. The van der Waals surface area contributed by atoms with Gasteiger partial charge in [-0.1, -0.05) is 17.3 Å². The van der Waals surface area contributed by atoms with E-state index >= 15 is 0 Å². The van der Waals surface area contributed by atoms with Crippen LogP contribution in [0.3, 0.4) is 0 Å². The predicted molar refractivity (Wildman–Crippen MR) is 81.8 cm³/mol. The van der Waals surface area contributed by atoms with Crippen molar-refractivity contribution in [1.29, 1.82) is 0 Å². The lowest BCUT2D eigenvalue weighted by molar-refractivity contribution is 0.0428. The molecule has 0 radical (unpaired) electrons. The van der Waals surface area contributed by atoms with Crippen molar-refractivity contribution < 1.29 is 27.6 Å². The van der Waals surface area contributed by atoms with Crippen molar-refractivity contribution >= 4 is 5.97 Å². The normalized spacial score (nSPS) is 10.5. The number of nitrogens with zero attached hydrogens (tertiary/aromatic N) is 2. The molecular weight excluding hydrogens is 334 g/mol. The number of para-hydroxylation sites is 1. The van der Waals surface area contributed by atoms with Gasteiger partial charge in [-0.25, -0.2) is 13.6 Å². The Labute approximate surface area is 141 Å². The summed E-state index contributed by atoms with van der Waals surface area (Å²) < 4.78 is 41.4. The number of rotatable bonds is 5. The number of hydrogen-bond acceptors (Lipinski definition) is 6. The maximum atomic E-state index is 13.1. The third kappa shape index (κ3) is 3.79. The van der Waals surface area contributed by atoms with E-state index in [1.54, 1.807) is 24.3 Å². The number of hydrogen-bond donors (Lipinski definition) is 0. The van der Waals surface area contributed by atoms with Gasteiger partial charge in [0, 0.05) is 6.07 Å². The molecule has 0 fully saturated rings. The number of aromatic nitrogens is 2. The van der Waals surface area contributed by atoms with Crippen LogP contribution >= 0.6 is 0 Å². The Hall–Kier alpha value is -3.29. The summed E-state index contributed by atoms with van der Waals surface area (Å²) in [5.41, 5.74) is 0.362. The first-order valence-corrected chi connectivity index (χ1v) is 7.16. The Morgan fingerprint density at radius 3 is 2.60 bits per heavy atom. The van der Waals surface area contributed by atoms with Gasteiger partial charge in [0.25, 0.3) is 5.89 Å². The van der Waals surface area contributed by atoms with Crippen molar-refractivity contribution in [3.05, 3.63) is 65.6 Å². The molecule has 0 saturated carbocycles. The van der Waals surface area contributed by atoms with Crippen molar-refractivity contribution in [3.8, 4) is 17.1 Å². The molecule has 2 aromatic carbocycles. The molecule has 6 nitrogen and oxygen atoms in total. The van der Waals surface area contributed by atoms with Crippen LogP contribution in [-0.4, -0.2) is 23.2 Å². The van der Waals surface area contributed by atoms with Crippen LogP contribution in [0.1, 0.15) is 16.2 Å². The zero-order chi connectivity index (χ0) is 17.8. The van der Waals surface area contributed by atoms with Gasteiger partial charge in [0.2, 0.25) is 5.82 Å². The summed E-state index contributed by atoms with van der Waals surface area (Å²) in [7, 11) is 1.51. The van der Waals surface area contributed by atoms with Gasteiger partial charge in [0.05, 0.1) is 18.2 Å². The largest absolute Gasteiger partial charge is 0.496 e. The van der Waals surface area contributed by atoms with Gasteiger partial charge in [-0.05, 0) is 24.3 Å². The monoisotopic (exact) mass is 346 g/mol. The summed E-state index contributed by atoms with van der Waals surface area (Å²) >= 11 is 0. The van der Waals surface area contributed by atoms with Crippen LogP contribution in [0.4, 0.5) is 8.78 Å². The Balaban J connectivity index is 1.70. The smallest absolute Gasteiger partial charge is 0.338 e. The van der Waals surface area contributed by atoms with E-state index in [0.29, 0.717) is 17.4 Å². The minimum Gasteiger partial charge on any atom is -0.496 e. The number of esters is 1. The van der Waals surface area contributed by atoms with Crippen molar-refractivity contribution in [2.24, 2.45) is 0 Å². The number of carbonyl (C=O) groups is 1. The van der Waals surface area contributed by atoms with E-state index in [1.807, 2.05) is 0 Å². The van der Waals surface area contributed by atoms with Gasteiger partial charge in [0.15, 0.2) is 6.61 Å². The van der Waals surface area contributed by atoms with Crippen LogP contribution in [0, 0.1) is 11.6 Å². The maximum absolute atomic E-state index is 13.1. The molecule has 25 heavy (non-hydrogen) atoms. The molecule has 0 atom stereocenters. The van der Waals surface area contributed by atoms with E-state index < -0.39 is 17.6 Å². The summed E-state index contributed by atoms with van der Waals surface area (Å²) in [6, 6.07) is 9.47. The van der Waals surface area contributed by atoms with Crippen molar-refractivity contribution in [2.45, 2.75) is 6.61 Å². The van der Waals surface area contributed by atoms with E-state index in [4.69, 9.17) is 14.0 Å². The molecule has 128 valence electrons. The minimum absolute atomic E-state index is 0.0335. The van der Waals surface area contributed by atoms with Crippen LogP contribution < -0.4 is 4.74 Å².